The molecule has 10 rings (SSSR count). The van der Waals surface area contributed by atoms with Crippen molar-refractivity contribution in [3.8, 4) is 0 Å². The van der Waals surface area contributed by atoms with Crippen LogP contribution in [-0.2, 0) is 94.7 Å². The van der Waals surface area contributed by atoms with E-state index in [2.05, 4.69) is 12.6 Å². The Balaban J connectivity index is 0.902. The molecule has 10 heterocycles. The van der Waals surface area contributed by atoms with E-state index in [1.165, 1.54) is 0 Å². The van der Waals surface area contributed by atoms with Gasteiger partial charge in [-0.15, -0.1) is 0 Å². The third-order valence-corrected chi connectivity index (χ3v) is 21.7. The first-order valence-corrected chi connectivity index (χ1v) is 37.4. The number of rotatable bonds is 32. The molecule has 0 aromatic heterocycles. The third-order valence-electron chi connectivity index (χ3n) is 21.4. The van der Waals surface area contributed by atoms with Crippen LogP contribution >= 0.6 is 12.6 Å². The lowest BCUT2D eigenvalue weighted by Crippen LogP contribution is -2.69. The maximum atomic E-state index is 12.4. The molecule has 31 N–H and O–H groups in total. The topological polar surface area (TPSA) is 812 Å². The number of thiol groups is 1. The Labute approximate surface area is 655 Å². The van der Waals surface area contributed by atoms with E-state index in [9.17, 15) is 158 Å². The fourth-order valence-electron chi connectivity index (χ4n) is 14.7. The first-order chi connectivity index (χ1) is 54.7. The van der Waals surface area contributed by atoms with Gasteiger partial charge in [0.2, 0.25) is 0 Å². The van der Waals surface area contributed by atoms with Gasteiger partial charge in [-0.25, -0.2) is 0 Å². The number of hydrogen-bond acceptors (Lipinski definition) is 52. The minimum atomic E-state index is -2.46. The van der Waals surface area contributed by atoms with Crippen molar-refractivity contribution in [2.24, 2.45) is 0 Å². The maximum Gasteiger partial charge on any atom is 0.187 e. The van der Waals surface area contributed by atoms with Gasteiger partial charge in [-0.1, -0.05) is 0 Å². The van der Waals surface area contributed by atoms with Gasteiger partial charge < -0.3 is 253 Å². The minimum absolute atomic E-state index is 0.124. The van der Waals surface area contributed by atoms with Crippen molar-refractivity contribution in [3.05, 3.63) is 0 Å². The molecule has 20 unspecified atom stereocenters. The standard InChI is InChI=1S/C63H108O51S/c64-4-14-24(73)29(78)38(87)55(97-14)107-46-19(9-69)102-58(41(90)34(46)83)109-48-21(11-71)104-60(43(92)36(48)85)113-52-32(81)27(76)17(7-67)100-62(52)96-13-23-50(51(45(94)54(106-23)95-2-1-3-115)112-57-40(89)31(80)26(75)16(6-66)99-57)111-63-53(33(82)28(77)18(8-68)101-63)114-61-44(93)37(86)49(22(12-72)105-61)110-59-42(91)35(84)47(20(10-70)103-59)108-56-39(88)30(79)25(74)15(5-65)98-56/h14-94,115H,1-13H2/t14?,15?,16?,17?,18?,19?,20?,21?,22?,23?,24-,25-,26+,27+,28+,29-,30-,31-,32-,33-,34+,35+,36+,37+,38?,39?,40?,41?,42?,43?,44?,45?,46-,47-,48+,49+,50+,51+,52?,53?,54-,55+,56+,57-,58-,59-,60+,61-,62+,63-/m0/s1. The zero-order chi connectivity index (χ0) is 84.2. The molecule has 10 aliphatic heterocycles. The van der Waals surface area contributed by atoms with Crippen molar-refractivity contribution in [1.29, 1.82) is 0 Å². The third kappa shape index (κ3) is 20.5. The smallest absolute Gasteiger partial charge is 0.187 e. The molecular formula is C63H108O51S. The quantitative estimate of drug-likeness (QED) is 0.0220. The van der Waals surface area contributed by atoms with Gasteiger partial charge in [0.25, 0.3) is 0 Å². The molecule has 0 radical (unpaired) electrons. The summed E-state index contributed by atoms with van der Waals surface area (Å²) in [4.78, 5) is 0. The maximum absolute atomic E-state index is 12.4. The second-order valence-electron chi connectivity index (χ2n) is 29.0. The molecule has 10 aliphatic rings. The molecule has 0 aliphatic carbocycles. The van der Waals surface area contributed by atoms with E-state index in [-0.39, 0.29) is 18.8 Å². The molecule has 0 aromatic rings. The average molecular weight is 1710 g/mol. The van der Waals surface area contributed by atoms with Crippen LogP contribution in [0.15, 0.2) is 0 Å². The van der Waals surface area contributed by atoms with Gasteiger partial charge in [0, 0.05) is 0 Å². The fraction of sp³-hybridized carbons (Fsp3) is 1.00. The SMILES string of the molecule is OCC1O[C@@H](O[C@@H]2C(O)[C@@H](OCCCS)OC(CO[C@@H]3OC(CO)[C@@H](O)[C@H](O)C3O[C@H]3OC(CO)[C@@H](O[C@@H]4OC(CO)[C@H](O[C@H]5OC(CO)[C@H](O)[C@H](O)C5O)[C@H](O)C4O)[C@H](O)C3O)[C@H]2O[C@@H]2OC(CO)[C@@H](O)[C@H](O)C2O[C@@H]2OC(CO)[C@@H](O[C@@H]3OC(CO)[C@H](O[C@H]4OC(CO)[C@H](O)[C@H](O)C4O)[C@H](O)C3O)[C@H](O)C2O)C(O)[C@@H](O)[C@@H]1O. The van der Waals surface area contributed by atoms with Crippen LogP contribution in [0.2, 0.25) is 0 Å². The molecule has 0 aromatic carbocycles. The number of aliphatic hydroxyl groups excluding tert-OH is 31. The molecule has 0 bridgehead atoms. The Kier molecular flexibility index (Phi) is 35.2. The highest BCUT2D eigenvalue weighted by Gasteiger charge is 2.62. The van der Waals surface area contributed by atoms with Crippen molar-refractivity contribution in [2.45, 2.75) is 313 Å². The summed E-state index contributed by atoms with van der Waals surface area (Å²) in [6, 6.07) is 0. The van der Waals surface area contributed by atoms with Gasteiger partial charge >= 0.3 is 0 Å². The van der Waals surface area contributed by atoms with E-state index in [0.29, 0.717) is 0 Å². The molecule has 115 heavy (non-hydrogen) atoms. The molecule has 10 saturated heterocycles. The number of ether oxygens (including phenoxy) is 20. The summed E-state index contributed by atoms with van der Waals surface area (Å²) >= 11 is 4.19. The summed E-state index contributed by atoms with van der Waals surface area (Å²) in [7, 11) is 0. The summed E-state index contributed by atoms with van der Waals surface area (Å²) in [5.74, 6) is 0.144. The van der Waals surface area contributed by atoms with E-state index in [4.69, 9.17) is 94.7 Å². The Morgan fingerprint density at radius 1 is 0.183 bits per heavy atom. The first-order valence-electron chi connectivity index (χ1n) is 36.8. The zero-order valence-corrected chi connectivity index (χ0v) is 61.4. The van der Waals surface area contributed by atoms with E-state index in [0.717, 1.165) is 0 Å². The van der Waals surface area contributed by atoms with E-state index in [1.54, 1.807) is 0 Å². The van der Waals surface area contributed by atoms with Crippen LogP contribution in [-0.4, -0.2) is 544 Å². The largest absolute Gasteiger partial charge is 0.394 e. The second kappa shape index (κ2) is 42.3. The van der Waals surface area contributed by atoms with Crippen LogP contribution in [0.25, 0.3) is 0 Å². The predicted octanol–water partition coefficient (Wildman–Crippen LogP) is -21.5. The summed E-state index contributed by atoms with van der Waals surface area (Å²) in [5, 5.41) is 340. The van der Waals surface area contributed by atoms with Gasteiger partial charge in [-0.2, -0.15) is 12.6 Å². The lowest BCUT2D eigenvalue weighted by Gasteiger charge is -2.51. The van der Waals surface area contributed by atoms with Crippen molar-refractivity contribution in [1.82, 2.24) is 0 Å². The highest BCUT2D eigenvalue weighted by atomic mass is 32.1. The molecule has 50 atom stereocenters. The van der Waals surface area contributed by atoms with Crippen LogP contribution < -0.4 is 0 Å². The van der Waals surface area contributed by atoms with Crippen molar-refractivity contribution < 1.29 is 253 Å². The van der Waals surface area contributed by atoms with Crippen molar-refractivity contribution >= 4 is 12.6 Å². The number of aliphatic hydroxyl groups is 31. The molecule has 0 amide bonds. The molecule has 0 saturated carbocycles. The van der Waals surface area contributed by atoms with Gasteiger partial charge in [0.1, 0.15) is 244 Å². The molecule has 52 heteroatoms. The average Bonchev–Trinajstić information content (AvgIpc) is 0.766. The summed E-state index contributed by atoms with van der Waals surface area (Å²) < 4.78 is 117. The van der Waals surface area contributed by atoms with Gasteiger partial charge in [0.05, 0.1) is 72.7 Å². The molecule has 0 spiro atoms. The van der Waals surface area contributed by atoms with E-state index in [1.807, 2.05) is 0 Å². The predicted molar refractivity (Wildman–Crippen MR) is 352 cm³/mol. The molecule has 51 nitrogen and oxygen atoms in total. The van der Waals surface area contributed by atoms with Crippen molar-refractivity contribution in [2.75, 3.05) is 78.4 Å². The highest BCUT2D eigenvalue weighted by Crippen LogP contribution is 2.41. The Morgan fingerprint density at radius 2 is 0.400 bits per heavy atom. The first kappa shape index (κ1) is 95.5. The normalized spacial score (nSPS) is 52.3. The Hall–Kier alpha value is -1.69. The Morgan fingerprint density at radius 3 is 0.696 bits per heavy atom. The molecule has 672 valence electrons. The lowest BCUT2D eigenvalue weighted by atomic mass is 9.95. The van der Waals surface area contributed by atoms with Gasteiger partial charge in [0.15, 0.2) is 62.9 Å². The van der Waals surface area contributed by atoms with Crippen LogP contribution in [0, 0.1) is 0 Å². The van der Waals surface area contributed by atoms with Crippen LogP contribution in [0.1, 0.15) is 6.42 Å². The summed E-state index contributed by atoms with van der Waals surface area (Å²) in [6.45, 7) is -11.1. The lowest BCUT2D eigenvalue weighted by molar-refractivity contribution is -0.410. The monoisotopic (exact) mass is 1710 g/mol. The molecule has 10 fully saturated rings. The Bertz CT molecular complexity index is 2860. The van der Waals surface area contributed by atoms with Gasteiger partial charge in [-0.3, -0.25) is 0 Å². The zero-order valence-electron chi connectivity index (χ0n) is 60.5. The minimum Gasteiger partial charge on any atom is -0.394 e. The van der Waals surface area contributed by atoms with E-state index < -0.39 is 373 Å². The van der Waals surface area contributed by atoms with Crippen molar-refractivity contribution in [3.63, 3.8) is 0 Å². The van der Waals surface area contributed by atoms with Gasteiger partial charge in [-0.05, 0) is 12.2 Å². The molecular weight excluding hydrogens is 1600 g/mol. The van der Waals surface area contributed by atoms with E-state index >= 15 is 0 Å². The van der Waals surface area contributed by atoms with Crippen LogP contribution in [0.3, 0.4) is 0 Å². The summed E-state index contributed by atoms with van der Waals surface area (Å²) in [6.07, 6.45) is -104. The second-order valence-corrected chi connectivity index (χ2v) is 29.4. The number of hydrogen-bond donors (Lipinski definition) is 32. The highest BCUT2D eigenvalue weighted by molar-refractivity contribution is 7.80. The van der Waals surface area contributed by atoms with Crippen LogP contribution in [0.4, 0.5) is 0 Å². The summed E-state index contributed by atoms with van der Waals surface area (Å²) in [5.41, 5.74) is 0. The van der Waals surface area contributed by atoms with Crippen LogP contribution in [0.5, 0.6) is 0 Å². The fourth-order valence-corrected chi connectivity index (χ4v) is 14.8.